The Morgan fingerprint density at radius 3 is 2.29 bits per heavy atom. The number of nitrogens with zero attached hydrogens (tertiary/aromatic N) is 3. The molecular formula is C23H24ClN3O. The summed E-state index contributed by atoms with van der Waals surface area (Å²) in [5, 5.41) is 7.37. The molecule has 0 aliphatic carbocycles. The van der Waals surface area contributed by atoms with Crippen molar-refractivity contribution < 1.29 is 0 Å². The lowest BCUT2D eigenvalue weighted by atomic mass is 9.97. The summed E-state index contributed by atoms with van der Waals surface area (Å²) in [7, 11) is 2.22. The molecule has 2 bridgehead atoms. The zero-order valence-corrected chi connectivity index (χ0v) is 16.8. The summed E-state index contributed by atoms with van der Waals surface area (Å²) in [6.45, 7) is 0. The van der Waals surface area contributed by atoms with Crippen LogP contribution >= 0.6 is 11.6 Å². The molecule has 1 aromatic heterocycles. The van der Waals surface area contributed by atoms with Gasteiger partial charge in [-0.05, 0) is 56.5 Å². The Balaban J connectivity index is 1.59. The Bertz CT molecular complexity index is 1060. The van der Waals surface area contributed by atoms with Crippen LogP contribution in [-0.4, -0.2) is 33.8 Å². The van der Waals surface area contributed by atoms with Gasteiger partial charge in [0.25, 0.3) is 5.56 Å². The molecule has 2 aromatic carbocycles. The first-order valence-electron chi connectivity index (χ1n) is 10.1. The van der Waals surface area contributed by atoms with Crippen LogP contribution in [0.15, 0.2) is 53.3 Å². The molecule has 28 heavy (non-hydrogen) atoms. The Morgan fingerprint density at radius 1 is 0.964 bits per heavy atom. The highest BCUT2D eigenvalue weighted by Crippen LogP contribution is 2.39. The normalized spacial score (nSPS) is 24.7. The molecule has 5 heteroatoms. The Hall–Kier alpha value is -2.17. The van der Waals surface area contributed by atoms with Gasteiger partial charge in [0.15, 0.2) is 0 Å². The van der Waals surface area contributed by atoms with Gasteiger partial charge in [0, 0.05) is 28.9 Å². The average molecular weight is 394 g/mol. The second-order valence-corrected chi connectivity index (χ2v) is 8.66. The van der Waals surface area contributed by atoms with Crippen molar-refractivity contribution in [3.8, 4) is 0 Å². The second-order valence-electron chi connectivity index (χ2n) is 8.22. The SMILES string of the molecule is CN1[C@@H]2CC[C@H]1CC(n1nc(Cc3ccc(Cl)cc3)c3ccccc3c1=O)C2. The Morgan fingerprint density at radius 2 is 1.61 bits per heavy atom. The molecular weight excluding hydrogens is 370 g/mol. The van der Waals surface area contributed by atoms with Crippen molar-refractivity contribution in [2.45, 2.75) is 50.2 Å². The number of aromatic nitrogens is 2. The number of halogens is 1. The molecule has 2 aliphatic heterocycles. The summed E-state index contributed by atoms with van der Waals surface area (Å²) in [6, 6.07) is 17.1. The minimum absolute atomic E-state index is 0.0457. The van der Waals surface area contributed by atoms with E-state index in [1.165, 1.54) is 12.8 Å². The molecule has 1 unspecified atom stereocenters. The van der Waals surface area contributed by atoms with Crippen LogP contribution in [0.2, 0.25) is 5.02 Å². The van der Waals surface area contributed by atoms with E-state index in [2.05, 4.69) is 11.9 Å². The number of rotatable bonds is 3. The molecule has 144 valence electrons. The quantitative estimate of drug-likeness (QED) is 0.660. The van der Waals surface area contributed by atoms with Crippen LogP contribution in [0.3, 0.4) is 0 Å². The molecule has 4 nitrogen and oxygen atoms in total. The summed E-state index contributed by atoms with van der Waals surface area (Å²) in [5.41, 5.74) is 2.16. The van der Waals surface area contributed by atoms with E-state index in [0.29, 0.717) is 18.5 Å². The van der Waals surface area contributed by atoms with Crippen molar-refractivity contribution in [1.29, 1.82) is 0 Å². The fourth-order valence-electron chi connectivity index (χ4n) is 5.03. The Labute approximate surface area is 169 Å². The lowest BCUT2D eigenvalue weighted by Crippen LogP contribution is -2.43. The van der Waals surface area contributed by atoms with Gasteiger partial charge in [0.05, 0.1) is 17.1 Å². The fraction of sp³-hybridized carbons (Fsp3) is 0.391. The Kier molecular flexibility index (Phi) is 4.48. The van der Waals surface area contributed by atoms with Crippen LogP contribution in [0.5, 0.6) is 0 Å². The van der Waals surface area contributed by atoms with E-state index in [1.54, 1.807) is 4.68 Å². The number of piperidine rings is 1. The van der Waals surface area contributed by atoms with Crippen molar-refractivity contribution in [3.63, 3.8) is 0 Å². The predicted octanol–water partition coefficient (Wildman–Crippen LogP) is 4.44. The van der Waals surface area contributed by atoms with Gasteiger partial charge in [-0.15, -0.1) is 0 Å². The van der Waals surface area contributed by atoms with Crippen molar-refractivity contribution in [2.75, 3.05) is 7.05 Å². The topological polar surface area (TPSA) is 38.1 Å². The second kappa shape index (κ2) is 7.02. The smallest absolute Gasteiger partial charge is 0.274 e. The van der Waals surface area contributed by atoms with Gasteiger partial charge >= 0.3 is 0 Å². The van der Waals surface area contributed by atoms with Gasteiger partial charge < -0.3 is 4.90 Å². The highest BCUT2D eigenvalue weighted by atomic mass is 35.5. The predicted molar refractivity (Wildman–Crippen MR) is 113 cm³/mol. The molecule has 0 spiro atoms. The third-order valence-corrected chi connectivity index (χ3v) is 6.86. The van der Waals surface area contributed by atoms with Crippen LogP contribution in [0.25, 0.3) is 10.8 Å². The lowest BCUT2D eigenvalue weighted by molar-refractivity contribution is 0.129. The monoisotopic (exact) mass is 393 g/mol. The summed E-state index contributed by atoms with van der Waals surface area (Å²) in [4.78, 5) is 15.8. The molecule has 5 rings (SSSR count). The third-order valence-electron chi connectivity index (χ3n) is 6.61. The first-order valence-corrected chi connectivity index (χ1v) is 10.4. The van der Waals surface area contributed by atoms with Crippen LogP contribution < -0.4 is 5.56 Å². The minimum Gasteiger partial charge on any atom is -0.300 e. The molecule has 0 N–H and O–H groups in total. The third kappa shape index (κ3) is 3.05. The van der Waals surface area contributed by atoms with E-state index in [4.69, 9.17) is 16.7 Å². The number of benzene rings is 2. The van der Waals surface area contributed by atoms with Gasteiger partial charge in [-0.25, -0.2) is 4.68 Å². The molecule has 0 saturated carbocycles. The van der Waals surface area contributed by atoms with E-state index >= 15 is 0 Å². The van der Waals surface area contributed by atoms with E-state index in [9.17, 15) is 4.79 Å². The van der Waals surface area contributed by atoms with E-state index in [0.717, 1.165) is 39.9 Å². The van der Waals surface area contributed by atoms with Gasteiger partial charge in [0.2, 0.25) is 0 Å². The number of hydrogen-bond acceptors (Lipinski definition) is 3. The van der Waals surface area contributed by atoms with E-state index < -0.39 is 0 Å². The van der Waals surface area contributed by atoms with Gasteiger partial charge in [-0.1, -0.05) is 41.9 Å². The zero-order valence-electron chi connectivity index (χ0n) is 16.0. The lowest BCUT2D eigenvalue weighted by Gasteiger charge is -2.36. The van der Waals surface area contributed by atoms with Gasteiger partial charge in [-0.3, -0.25) is 4.79 Å². The summed E-state index contributed by atoms with van der Waals surface area (Å²) >= 11 is 6.04. The molecule has 3 aromatic rings. The van der Waals surface area contributed by atoms with Crippen LogP contribution in [0, 0.1) is 0 Å². The largest absolute Gasteiger partial charge is 0.300 e. The van der Waals surface area contributed by atoms with Gasteiger partial charge in [0.1, 0.15) is 0 Å². The average Bonchev–Trinajstić information content (AvgIpc) is 2.92. The highest BCUT2D eigenvalue weighted by Gasteiger charge is 2.39. The minimum atomic E-state index is 0.0457. The molecule has 0 radical (unpaired) electrons. The van der Waals surface area contributed by atoms with Crippen molar-refractivity contribution in [1.82, 2.24) is 14.7 Å². The maximum Gasteiger partial charge on any atom is 0.274 e. The maximum absolute atomic E-state index is 13.3. The highest BCUT2D eigenvalue weighted by molar-refractivity contribution is 6.30. The summed E-state index contributed by atoms with van der Waals surface area (Å²) < 4.78 is 1.80. The van der Waals surface area contributed by atoms with Gasteiger partial charge in [-0.2, -0.15) is 5.10 Å². The number of fused-ring (bicyclic) bond motifs is 3. The van der Waals surface area contributed by atoms with Crippen molar-refractivity contribution in [3.05, 3.63) is 75.2 Å². The van der Waals surface area contributed by atoms with Crippen molar-refractivity contribution >= 4 is 22.4 Å². The first kappa shape index (κ1) is 17.9. The van der Waals surface area contributed by atoms with Crippen molar-refractivity contribution in [2.24, 2.45) is 0 Å². The first-order chi connectivity index (χ1) is 13.6. The summed E-state index contributed by atoms with van der Waals surface area (Å²) in [6.07, 6.45) is 5.18. The van der Waals surface area contributed by atoms with Crippen LogP contribution in [0.1, 0.15) is 43.0 Å². The molecule has 3 atom stereocenters. The molecule has 2 fully saturated rings. The van der Waals surface area contributed by atoms with Crippen LogP contribution in [-0.2, 0) is 6.42 Å². The standard InChI is InChI=1S/C23H24ClN3O/c1-26-17-10-11-18(26)14-19(13-17)27-23(28)21-5-3-2-4-20(21)22(25-27)12-15-6-8-16(24)9-7-15/h2-9,17-19H,10-14H2,1H3/t17-,18+,19?. The van der Waals surface area contributed by atoms with E-state index in [-0.39, 0.29) is 11.6 Å². The van der Waals surface area contributed by atoms with E-state index in [1.807, 2.05) is 48.5 Å². The zero-order chi connectivity index (χ0) is 19.3. The molecule has 2 aliphatic rings. The van der Waals surface area contributed by atoms with Crippen LogP contribution in [0.4, 0.5) is 0 Å². The molecule has 2 saturated heterocycles. The molecule has 3 heterocycles. The fourth-order valence-corrected chi connectivity index (χ4v) is 5.16. The molecule has 0 amide bonds. The maximum atomic E-state index is 13.3. The summed E-state index contributed by atoms with van der Waals surface area (Å²) in [5.74, 6) is 0. The number of hydrogen-bond donors (Lipinski definition) is 0.